The van der Waals surface area contributed by atoms with Gasteiger partial charge in [0.05, 0.1) is 29.8 Å². The van der Waals surface area contributed by atoms with E-state index in [9.17, 15) is 13.2 Å². The van der Waals surface area contributed by atoms with Crippen LogP contribution in [0.4, 0.5) is 11.4 Å². The van der Waals surface area contributed by atoms with Crippen LogP contribution in [0.2, 0.25) is 0 Å². The maximum Gasteiger partial charge on any atom is 0.262 e. The van der Waals surface area contributed by atoms with Crippen molar-refractivity contribution in [2.24, 2.45) is 0 Å². The second-order valence-electron chi connectivity index (χ2n) is 7.57. The van der Waals surface area contributed by atoms with E-state index in [1.807, 2.05) is 36.6 Å². The van der Waals surface area contributed by atoms with Crippen molar-refractivity contribution < 1.29 is 17.9 Å². The Balaban J connectivity index is 1.44. The molecule has 4 aromatic rings. The zero-order chi connectivity index (χ0) is 24.1. The minimum atomic E-state index is -3.89. The number of para-hydroxylation sites is 2. The number of sulfonamides is 1. The van der Waals surface area contributed by atoms with Crippen molar-refractivity contribution in [1.29, 1.82) is 0 Å². The number of methoxy groups -OCH3 is 1. The van der Waals surface area contributed by atoms with Crippen LogP contribution < -0.4 is 14.8 Å². The van der Waals surface area contributed by atoms with Crippen molar-refractivity contribution in [3.05, 3.63) is 89.4 Å². The molecule has 0 unspecified atom stereocenters. The highest BCUT2D eigenvalue weighted by Crippen LogP contribution is 2.27. The van der Waals surface area contributed by atoms with E-state index in [1.165, 1.54) is 30.6 Å². The number of anilines is 2. The highest BCUT2D eigenvalue weighted by atomic mass is 32.2. The van der Waals surface area contributed by atoms with Crippen LogP contribution in [0, 0.1) is 6.92 Å². The average Bonchev–Trinajstić information content (AvgIpc) is 3.28. The molecule has 0 fully saturated rings. The zero-order valence-electron chi connectivity index (χ0n) is 18.6. The lowest BCUT2D eigenvalue weighted by atomic mass is 10.1. The molecule has 0 aliphatic carbocycles. The molecule has 0 atom stereocenters. The van der Waals surface area contributed by atoms with Crippen molar-refractivity contribution in [2.45, 2.75) is 18.2 Å². The molecule has 7 nitrogen and oxygen atoms in total. The lowest BCUT2D eigenvalue weighted by molar-refractivity contribution is -0.115. The Hall–Kier alpha value is -3.69. The minimum Gasteiger partial charge on any atom is -0.495 e. The van der Waals surface area contributed by atoms with Gasteiger partial charge in [0.2, 0.25) is 5.91 Å². The summed E-state index contributed by atoms with van der Waals surface area (Å²) in [6, 6.07) is 20.8. The Bertz CT molecular complexity index is 1430. The summed E-state index contributed by atoms with van der Waals surface area (Å²) < 4.78 is 33.5. The average molecular weight is 494 g/mol. The van der Waals surface area contributed by atoms with Crippen LogP contribution in [-0.4, -0.2) is 26.4 Å². The summed E-state index contributed by atoms with van der Waals surface area (Å²) >= 11 is 1.48. The summed E-state index contributed by atoms with van der Waals surface area (Å²) in [5.41, 5.74) is 3.51. The first kappa shape index (κ1) is 23.5. The van der Waals surface area contributed by atoms with E-state index in [0.717, 1.165) is 16.1 Å². The molecule has 1 heterocycles. The molecule has 1 aromatic heterocycles. The van der Waals surface area contributed by atoms with Crippen LogP contribution in [0.25, 0.3) is 10.6 Å². The topological polar surface area (TPSA) is 97.4 Å². The number of aryl methyl sites for hydroxylation is 1. The Kier molecular flexibility index (Phi) is 6.95. The van der Waals surface area contributed by atoms with Gasteiger partial charge >= 0.3 is 0 Å². The predicted octanol–water partition coefficient (Wildman–Crippen LogP) is 5.11. The van der Waals surface area contributed by atoms with Crippen LogP contribution in [0.1, 0.15) is 11.3 Å². The Labute approximate surface area is 202 Å². The number of carbonyl (C=O) groups excluding carboxylic acids is 1. The molecule has 1 amide bonds. The highest BCUT2D eigenvalue weighted by Gasteiger charge is 2.17. The second kappa shape index (κ2) is 10.1. The third-order valence-corrected chi connectivity index (χ3v) is 7.24. The molecule has 0 aliphatic rings. The Morgan fingerprint density at radius 1 is 1.03 bits per heavy atom. The summed E-state index contributed by atoms with van der Waals surface area (Å²) in [7, 11) is -2.42. The minimum absolute atomic E-state index is 0.0200. The molecule has 4 rings (SSSR count). The van der Waals surface area contributed by atoms with Gasteiger partial charge in [-0.2, -0.15) is 0 Å². The lowest BCUT2D eigenvalue weighted by Gasteiger charge is -2.12. The summed E-state index contributed by atoms with van der Waals surface area (Å²) in [5.74, 6) is 0.122. The van der Waals surface area contributed by atoms with Gasteiger partial charge in [0.15, 0.2) is 0 Å². The van der Waals surface area contributed by atoms with Gasteiger partial charge in [-0.3, -0.25) is 9.52 Å². The number of carbonyl (C=O) groups is 1. The number of amides is 1. The molecule has 174 valence electrons. The van der Waals surface area contributed by atoms with E-state index in [4.69, 9.17) is 4.74 Å². The Morgan fingerprint density at radius 2 is 1.82 bits per heavy atom. The fourth-order valence-corrected chi connectivity index (χ4v) is 5.27. The van der Waals surface area contributed by atoms with Gasteiger partial charge in [0.25, 0.3) is 10.0 Å². The zero-order valence-corrected chi connectivity index (χ0v) is 20.2. The maximum atomic E-state index is 12.9. The first-order chi connectivity index (χ1) is 16.3. The third-order valence-electron chi connectivity index (χ3n) is 4.94. The van der Waals surface area contributed by atoms with E-state index in [-0.39, 0.29) is 17.2 Å². The van der Waals surface area contributed by atoms with Crippen molar-refractivity contribution in [2.75, 3.05) is 17.1 Å². The predicted molar refractivity (Wildman–Crippen MR) is 135 cm³/mol. The van der Waals surface area contributed by atoms with Crippen molar-refractivity contribution in [1.82, 2.24) is 4.98 Å². The fourth-order valence-electron chi connectivity index (χ4n) is 3.34. The maximum absolute atomic E-state index is 12.9. The second-order valence-corrected chi connectivity index (χ2v) is 10.1. The number of aromatic nitrogens is 1. The first-order valence-electron chi connectivity index (χ1n) is 10.4. The first-order valence-corrected chi connectivity index (χ1v) is 12.8. The smallest absolute Gasteiger partial charge is 0.262 e. The summed E-state index contributed by atoms with van der Waals surface area (Å²) in [4.78, 5) is 17.2. The van der Waals surface area contributed by atoms with E-state index >= 15 is 0 Å². The van der Waals surface area contributed by atoms with E-state index in [0.29, 0.717) is 22.8 Å². The van der Waals surface area contributed by atoms with Gasteiger partial charge < -0.3 is 10.1 Å². The number of hydrogen-bond acceptors (Lipinski definition) is 6. The van der Waals surface area contributed by atoms with Gasteiger partial charge in [-0.15, -0.1) is 11.3 Å². The largest absolute Gasteiger partial charge is 0.495 e. The lowest BCUT2D eigenvalue weighted by Crippen LogP contribution is -2.16. The summed E-state index contributed by atoms with van der Waals surface area (Å²) in [5, 5.41) is 5.46. The van der Waals surface area contributed by atoms with Crippen molar-refractivity contribution in [3.8, 4) is 16.3 Å². The molecule has 3 aromatic carbocycles. The number of rotatable bonds is 8. The van der Waals surface area contributed by atoms with Gasteiger partial charge in [-0.1, -0.05) is 42.0 Å². The number of nitrogens with zero attached hydrogens (tertiary/aromatic N) is 1. The monoisotopic (exact) mass is 493 g/mol. The van der Waals surface area contributed by atoms with Gasteiger partial charge in [-0.05, 0) is 43.3 Å². The molecule has 0 radical (unpaired) electrons. The molecular weight excluding hydrogens is 470 g/mol. The number of hydrogen-bond donors (Lipinski definition) is 2. The third kappa shape index (κ3) is 5.62. The molecule has 0 saturated carbocycles. The standard InChI is InChI=1S/C25H23N3O4S2/c1-17-7-5-8-18(13-17)25-27-20(16-33-25)15-24(29)26-19-9-6-10-21(14-19)34(30,31)28-22-11-3-4-12-23(22)32-2/h3-14,16,28H,15H2,1-2H3,(H,26,29). The summed E-state index contributed by atoms with van der Waals surface area (Å²) in [6.45, 7) is 2.02. The quantitative estimate of drug-likeness (QED) is 0.356. The molecule has 2 N–H and O–H groups in total. The molecule has 0 saturated heterocycles. The fraction of sp³-hybridized carbons (Fsp3) is 0.120. The van der Waals surface area contributed by atoms with E-state index in [1.54, 1.807) is 36.4 Å². The highest BCUT2D eigenvalue weighted by molar-refractivity contribution is 7.92. The van der Waals surface area contributed by atoms with Gasteiger partial charge in [-0.25, -0.2) is 13.4 Å². The molecule has 34 heavy (non-hydrogen) atoms. The van der Waals surface area contributed by atoms with Crippen LogP contribution in [0.5, 0.6) is 5.75 Å². The van der Waals surface area contributed by atoms with Crippen molar-refractivity contribution >= 4 is 38.6 Å². The number of nitrogens with one attached hydrogen (secondary N) is 2. The normalized spacial score (nSPS) is 11.1. The SMILES string of the molecule is COc1ccccc1NS(=O)(=O)c1cccc(NC(=O)Cc2csc(-c3cccc(C)c3)n2)c1. The Morgan fingerprint density at radius 3 is 2.62 bits per heavy atom. The number of ether oxygens (including phenoxy) is 1. The molecule has 0 spiro atoms. The molecule has 0 aliphatic heterocycles. The molecule has 9 heteroatoms. The number of thiazole rings is 1. The molecule has 0 bridgehead atoms. The summed E-state index contributed by atoms with van der Waals surface area (Å²) in [6.07, 6.45) is 0.0821. The van der Waals surface area contributed by atoms with Gasteiger partial charge in [0.1, 0.15) is 10.8 Å². The van der Waals surface area contributed by atoms with Crippen molar-refractivity contribution in [3.63, 3.8) is 0 Å². The van der Waals surface area contributed by atoms with Crippen LogP contribution in [-0.2, 0) is 21.2 Å². The van der Waals surface area contributed by atoms with Gasteiger partial charge in [0, 0.05) is 16.6 Å². The molecular formula is C25H23N3O4S2. The van der Waals surface area contributed by atoms with Crippen LogP contribution in [0.15, 0.2) is 83.1 Å². The van der Waals surface area contributed by atoms with Crippen LogP contribution >= 0.6 is 11.3 Å². The van der Waals surface area contributed by atoms with Crippen LogP contribution in [0.3, 0.4) is 0 Å². The van der Waals surface area contributed by atoms with E-state index in [2.05, 4.69) is 15.0 Å². The van der Waals surface area contributed by atoms with E-state index < -0.39 is 10.0 Å². The number of benzene rings is 3.